The molecule has 0 fully saturated rings. The number of imidazole rings is 1. The molecule has 0 saturated carbocycles. The molecule has 0 amide bonds. The van der Waals surface area contributed by atoms with Crippen LogP contribution in [0.4, 0.5) is 0 Å². The lowest BCUT2D eigenvalue weighted by Gasteiger charge is -2.10. The summed E-state index contributed by atoms with van der Waals surface area (Å²) >= 11 is 0. The molecular weight excluding hydrogens is 484 g/mol. The summed E-state index contributed by atoms with van der Waals surface area (Å²) in [6, 6.07) is 56.6. The van der Waals surface area contributed by atoms with Gasteiger partial charge >= 0.3 is 0 Å². The van der Waals surface area contributed by atoms with Gasteiger partial charge in [-0.3, -0.25) is 8.97 Å². The van der Waals surface area contributed by atoms with Crippen molar-refractivity contribution >= 4 is 27.6 Å². The Bertz CT molecular complexity index is 2130. The summed E-state index contributed by atoms with van der Waals surface area (Å²) < 4.78 is 4.83. The largest absolute Gasteiger partial charge is 0.293 e. The Balaban J connectivity index is 1.37. The maximum Gasteiger partial charge on any atom is 0.131 e. The van der Waals surface area contributed by atoms with Crippen molar-refractivity contribution in [3.05, 3.63) is 158 Å². The van der Waals surface area contributed by atoms with Gasteiger partial charge in [-0.05, 0) is 64.2 Å². The standard InChI is InChI=1S/C38H26N2/c1-3-12-27(13-4-1)28-22-24-29(25-23-28)30-14-11-15-31(26-30)37-33-18-7-8-19-34(33)40-36-21-10-9-20-35(36)39(38(37)40)32-16-5-2-6-17-32/h1-26H. The average Bonchev–Trinajstić information content (AvgIpc) is 3.55. The van der Waals surface area contributed by atoms with Crippen LogP contribution in [0.3, 0.4) is 0 Å². The normalized spacial score (nSPS) is 11.5. The smallest absolute Gasteiger partial charge is 0.131 e. The maximum absolute atomic E-state index is 2.42. The number of fused-ring (bicyclic) bond motifs is 5. The molecule has 2 heteroatoms. The van der Waals surface area contributed by atoms with E-state index in [1.54, 1.807) is 0 Å². The van der Waals surface area contributed by atoms with Crippen LogP contribution >= 0.6 is 0 Å². The first-order valence-corrected chi connectivity index (χ1v) is 13.7. The van der Waals surface area contributed by atoms with Gasteiger partial charge in [-0.1, -0.05) is 121 Å². The van der Waals surface area contributed by atoms with E-state index in [0.717, 1.165) is 5.69 Å². The fourth-order valence-electron chi connectivity index (χ4n) is 6.10. The molecule has 0 bridgehead atoms. The average molecular weight is 511 g/mol. The highest BCUT2D eigenvalue weighted by Gasteiger charge is 2.22. The van der Waals surface area contributed by atoms with Crippen LogP contribution in [0.1, 0.15) is 0 Å². The van der Waals surface area contributed by atoms with Gasteiger partial charge in [-0.15, -0.1) is 0 Å². The van der Waals surface area contributed by atoms with Crippen molar-refractivity contribution in [1.82, 2.24) is 8.97 Å². The van der Waals surface area contributed by atoms with Crippen LogP contribution in [-0.4, -0.2) is 8.97 Å². The summed E-state index contributed by atoms with van der Waals surface area (Å²) in [5.74, 6) is 0. The zero-order valence-corrected chi connectivity index (χ0v) is 21.9. The van der Waals surface area contributed by atoms with Crippen molar-refractivity contribution in [1.29, 1.82) is 0 Å². The van der Waals surface area contributed by atoms with E-state index in [4.69, 9.17) is 0 Å². The van der Waals surface area contributed by atoms with Crippen LogP contribution in [0.25, 0.3) is 66.7 Å². The number of hydrogen-bond acceptors (Lipinski definition) is 0. The molecule has 0 radical (unpaired) electrons. The minimum Gasteiger partial charge on any atom is -0.293 e. The van der Waals surface area contributed by atoms with Crippen molar-refractivity contribution in [3.63, 3.8) is 0 Å². The van der Waals surface area contributed by atoms with Crippen molar-refractivity contribution < 1.29 is 0 Å². The zero-order chi connectivity index (χ0) is 26.5. The second-order valence-corrected chi connectivity index (χ2v) is 10.2. The molecule has 6 aromatic carbocycles. The van der Waals surface area contributed by atoms with E-state index in [0.29, 0.717) is 0 Å². The summed E-state index contributed by atoms with van der Waals surface area (Å²) in [7, 11) is 0. The number of para-hydroxylation sites is 4. The molecule has 188 valence electrons. The van der Waals surface area contributed by atoms with Crippen LogP contribution in [0.5, 0.6) is 0 Å². The Morgan fingerprint density at radius 1 is 0.350 bits per heavy atom. The van der Waals surface area contributed by atoms with E-state index >= 15 is 0 Å². The molecule has 2 nitrogen and oxygen atoms in total. The van der Waals surface area contributed by atoms with Crippen molar-refractivity contribution in [2.24, 2.45) is 0 Å². The van der Waals surface area contributed by atoms with E-state index < -0.39 is 0 Å². The van der Waals surface area contributed by atoms with Gasteiger partial charge in [-0.2, -0.15) is 0 Å². The summed E-state index contributed by atoms with van der Waals surface area (Å²) in [5, 5.41) is 1.25. The van der Waals surface area contributed by atoms with E-state index in [1.807, 2.05) is 0 Å². The number of aromatic nitrogens is 2. The molecule has 0 N–H and O–H groups in total. The topological polar surface area (TPSA) is 9.34 Å². The Kier molecular flexibility index (Phi) is 5.17. The van der Waals surface area contributed by atoms with Crippen LogP contribution in [0, 0.1) is 0 Å². The fraction of sp³-hybridized carbons (Fsp3) is 0. The molecule has 0 unspecified atom stereocenters. The highest BCUT2D eigenvalue weighted by molar-refractivity contribution is 6.09. The number of benzene rings is 6. The number of hydrogen-bond donors (Lipinski definition) is 0. The second kappa shape index (κ2) is 9.14. The van der Waals surface area contributed by atoms with Gasteiger partial charge in [0, 0.05) is 16.6 Å². The molecule has 0 aliphatic rings. The van der Waals surface area contributed by atoms with E-state index in [1.165, 1.54) is 61.0 Å². The Morgan fingerprint density at radius 3 is 1.62 bits per heavy atom. The minimum absolute atomic E-state index is 1.16. The van der Waals surface area contributed by atoms with Gasteiger partial charge in [0.05, 0.1) is 16.6 Å². The van der Waals surface area contributed by atoms with Gasteiger partial charge in [0.15, 0.2) is 0 Å². The molecule has 2 aromatic heterocycles. The molecule has 0 aliphatic heterocycles. The predicted molar refractivity (Wildman–Crippen MR) is 168 cm³/mol. The molecule has 0 aliphatic carbocycles. The number of rotatable bonds is 4. The summed E-state index contributed by atoms with van der Waals surface area (Å²) in [5.41, 5.74) is 13.3. The minimum atomic E-state index is 1.16. The molecule has 0 saturated heterocycles. The third-order valence-corrected chi connectivity index (χ3v) is 7.92. The first-order chi connectivity index (χ1) is 19.9. The highest BCUT2D eigenvalue weighted by atomic mass is 15.1. The first-order valence-electron chi connectivity index (χ1n) is 13.7. The van der Waals surface area contributed by atoms with Crippen molar-refractivity contribution in [2.75, 3.05) is 0 Å². The summed E-state index contributed by atoms with van der Waals surface area (Å²) in [6.45, 7) is 0. The predicted octanol–water partition coefficient (Wildman–Crippen LogP) is 10.0. The van der Waals surface area contributed by atoms with Gasteiger partial charge in [0.1, 0.15) is 5.65 Å². The van der Waals surface area contributed by atoms with Gasteiger partial charge in [-0.25, -0.2) is 0 Å². The zero-order valence-electron chi connectivity index (χ0n) is 21.9. The lowest BCUT2D eigenvalue weighted by atomic mass is 9.96. The third-order valence-electron chi connectivity index (χ3n) is 7.92. The lowest BCUT2D eigenvalue weighted by molar-refractivity contribution is 1.15. The van der Waals surface area contributed by atoms with E-state index in [2.05, 4.69) is 167 Å². The Labute approximate surface area is 233 Å². The fourth-order valence-corrected chi connectivity index (χ4v) is 6.10. The SMILES string of the molecule is c1ccc(-c2ccc(-c3cccc(-c4c5ccccc5n5c6ccccc6n(-c6ccccc6)c45)c3)cc2)cc1. The van der Waals surface area contributed by atoms with Gasteiger partial charge in [0.25, 0.3) is 0 Å². The van der Waals surface area contributed by atoms with Crippen LogP contribution in [-0.2, 0) is 0 Å². The third kappa shape index (κ3) is 3.50. The molecule has 0 atom stereocenters. The lowest BCUT2D eigenvalue weighted by Crippen LogP contribution is -1.95. The monoisotopic (exact) mass is 510 g/mol. The van der Waals surface area contributed by atoms with Gasteiger partial charge in [0.2, 0.25) is 0 Å². The maximum atomic E-state index is 2.42. The van der Waals surface area contributed by atoms with Crippen molar-refractivity contribution in [2.45, 2.75) is 0 Å². The van der Waals surface area contributed by atoms with Crippen LogP contribution in [0.2, 0.25) is 0 Å². The van der Waals surface area contributed by atoms with Gasteiger partial charge < -0.3 is 0 Å². The van der Waals surface area contributed by atoms with Crippen molar-refractivity contribution in [3.8, 4) is 39.1 Å². The quantitative estimate of drug-likeness (QED) is 0.223. The Hall–Kier alpha value is -5.34. The molecular formula is C38H26N2. The molecule has 8 rings (SSSR count). The number of nitrogens with zero attached hydrogens (tertiary/aromatic N) is 2. The molecule has 8 aromatic rings. The van der Waals surface area contributed by atoms with E-state index in [-0.39, 0.29) is 0 Å². The first kappa shape index (κ1) is 22.6. The second-order valence-electron chi connectivity index (χ2n) is 10.2. The van der Waals surface area contributed by atoms with Crippen LogP contribution < -0.4 is 0 Å². The molecule has 2 heterocycles. The summed E-state index contributed by atoms with van der Waals surface area (Å²) in [4.78, 5) is 0. The van der Waals surface area contributed by atoms with E-state index in [9.17, 15) is 0 Å². The Morgan fingerprint density at radius 2 is 0.875 bits per heavy atom. The molecule has 0 spiro atoms. The summed E-state index contributed by atoms with van der Waals surface area (Å²) in [6.07, 6.45) is 0. The molecule has 40 heavy (non-hydrogen) atoms. The van der Waals surface area contributed by atoms with Crippen LogP contribution in [0.15, 0.2) is 158 Å². The highest BCUT2D eigenvalue weighted by Crippen LogP contribution is 2.41.